The van der Waals surface area contributed by atoms with Crippen LogP contribution in [0.4, 0.5) is 0 Å². The highest BCUT2D eigenvalue weighted by Crippen LogP contribution is 2.29. The van der Waals surface area contributed by atoms with Crippen molar-refractivity contribution in [1.29, 1.82) is 0 Å². The van der Waals surface area contributed by atoms with E-state index in [4.69, 9.17) is 4.42 Å². The van der Waals surface area contributed by atoms with Gasteiger partial charge in [-0.15, -0.1) is 0 Å². The average molecular weight is 271 g/mol. The molecule has 0 amide bonds. The molecule has 0 radical (unpaired) electrons. The van der Waals surface area contributed by atoms with E-state index in [1.807, 2.05) is 0 Å². The SMILES string of the molecule is O=[13c]1c(-c2ccc(O)cc2)coc2cc(O)cc(O)c21. The lowest BCUT2D eigenvalue weighted by Gasteiger charge is -2.05. The van der Waals surface area contributed by atoms with E-state index in [-0.39, 0.29) is 33.8 Å². The lowest BCUT2D eigenvalue weighted by Crippen LogP contribution is -2.04. The van der Waals surface area contributed by atoms with Crippen LogP contribution in [0.3, 0.4) is 0 Å². The van der Waals surface area contributed by atoms with E-state index in [0.29, 0.717) is 5.56 Å². The lowest BCUT2D eigenvalue weighted by molar-refractivity contribution is 0.452. The molecule has 0 spiro atoms. The Balaban J connectivity index is 2.31. The van der Waals surface area contributed by atoms with Gasteiger partial charge in [0.15, 0.2) is 0 Å². The van der Waals surface area contributed by atoms with Gasteiger partial charge >= 0.3 is 0 Å². The van der Waals surface area contributed by atoms with E-state index in [9.17, 15) is 20.1 Å². The molecule has 2 aromatic carbocycles. The molecule has 0 fully saturated rings. The summed E-state index contributed by atoms with van der Waals surface area (Å²) in [7, 11) is 0. The molecule has 20 heavy (non-hydrogen) atoms. The van der Waals surface area contributed by atoms with Crippen molar-refractivity contribution in [3.63, 3.8) is 0 Å². The summed E-state index contributed by atoms with van der Waals surface area (Å²) in [6, 6.07) is 8.40. The molecular weight excluding hydrogens is 261 g/mol. The van der Waals surface area contributed by atoms with Gasteiger partial charge in [-0.3, -0.25) is 4.79 Å². The van der Waals surface area contributed by atoms with E-state index in [0.717, 1.165) is 6.07 Å². The monoisotopic (exact) mass is 271 g/mol. The van der Waals surface area contributed by atoms with Gasteiger partial charge in [0, 0.05) is 12.1 Å². The van der Waals surface area contributed by atoms with E-state index >= 15 is 0 Å². The molecule has 3 rings (SSSR count). The van der Waals surface area contributed by atoms with Gasteiger partial charge in [0.25, 0.3) is 0 Å². The summed E-state index contributed by atoms with van der Waals surface area (Å²) in [5.41, 5.74) is 0.522. The van der Waals surface area contributed by atoms with E-state index in [1.165, 1.54) is 24.5 Å². The van der Waals surface area contributed by atoms with Crippen LogP contribution in [0.15, 0.2) is 51.9 Å². The Hall–Kier alpha value is -2.95. The van der Waals surface area contributed by atoms with Gasteiger partial charge in [-0.1, -0.05) is 12.1 Å². The molecule has 5 nitrogen and oxygen atoms in total. The maximum Gasteiger partial charge on any atom is 0.204 e. The summed E-state index contributed by atoms with van der Waals surface area (Å²) in [5, 5.41) is 28.4. The zero-order chi connectivity index (χ0) is 14.3. The number of phenols is 3. The van der Waals surface area contributed by atoms with Crippen molar-refractivity contribution in [2.75, 3.05) is 0 Å². The molecule has 0 aliphatic heterocycles. The minimum Gasteiger partial charge on any atom is -0.508 e. The molecule has 0 unspecified atom stereocenters. The highest BCUT2D eigenvalue weighted by Gasteiger charge is 2.13. The Morgan fingerprint density at radius 1 is 0.900 bits per heavy atom. The van der Waals surface area contributed by atoms with Crippen molar-refractivity contribution >= 4 is 11.0 Å². The van der Waals surface area contributed by atoms with Gasteiger partial charge in [-0.25, -0.2) is 0 Å². The fourth-order valence-corrected chi connectivity index (χ4v) is 2.06. The number of aromatic hydroxyl groups is 3. The van der Waals surface area contributed by atoms with Crippen molar-refractivity contribution < 1.29 is 19.7 Å². The molecule has 0 bridgehead atoms. The first kappa shape index (κ1) is 12.1. The van der Waals surface area contributed by atoms with Crippen LogP contribution in [0.25, 0.3) is 22.1 Å². The van der Waals surface area contributed by atoms with Crippen LogP contribution in [0.2, 0.25) is 0 Å². The molecule has 1 aromatic heterocycles. The number of hydrogen-bond donors (Lipinski definition) is 3. The maximum absolute atomic E-state index is 12.4. The third kappa shape index (κ3) is 1.85. The van der Waals surface area contributed by atoms with Crippen molar-refractivity contribution in [3.8, 4) is 28.4 Å². The van der Waals surface area contributed by atoms with Crippen LogP contribution in [-0.2, 0) is 0 Å². The molecule has 0 atom stereocenters. The van der Waals surface area contributed by atoms with Crippen LogP contribution in [0.1, 0.15) is 0 Å². The summed E-state index contributed by atoms with van der Waals surface area (Å²) >= 11 is 0. The maximum atomic E-state index is 12.4. The van der Waals surface area contributed by atoms with Crippen LogP contribution in [0.5, 0.6) is 17.2 Å². The first-order valence-corrected chi connectivity index (χ1v) is 5.83. The van der Waals surface area contributed by atoms with Crippen molar-refractivity contribution in [1.82, 2.24) is 0 Å². The van der Waals surface area contributed by atoms with Crippen LogP contribution < -0.4 is 5.43 Å². The fraction of sp³-hybridized carbons (Fsp3) is 0. The first-order valence-electron chi connectivity index (χ1n) is 5.83. The fourth-order valence-electron chi connectivity index (χ4n) is 2.06. The van der Waals surface area contributed by atoms with E-state index < -0.39 is 5.43 Å². The van der Waals surface area contributed by atoms with Crippen LogP contribution in [-0.4, -0.2) is 15.3 Å². The summed E-state index contributed by atoms with van der Waals surface area (Å²) in [6.07, 6.45) is 1.26. The van der Waals surface area contributed by atoms with Gasteiger partial charge in [-0.05, 0) is 17.7 Å². The topological polar surface area (TPSA) is 90.9 Å². The Morgan fingerprint density at radius 2 is 1.60 bits per heavy atom. The third-order valence-corrected chi connectivity index (χ3v) is 3.02. The molecule has 0 aliphatic carbocycles. The third-order valence-electron chi connectivity index (χ3n) is 3.02. The highest BCUT2D eigenvalue weighted by molar-refractivity contribution is 5.87. The molecule has 0 saturated heterocycles. The zero-order valence-electron chi connectivity index (χ0n) is 10.2. The predicted molar refractivity (Wildman–Crippen MR) is 72.9 cm³/mol. The highest BCUT2D eigenvalue weighted by atomic mass is 16.3. The number of benzene rings is 2. The second-order valence-corrected chi connectivity index (χ2v) is 4.36. The molecule has 3 N–H and O–H groups in total. The molecule has 1 heterocycles. The standard InChI is InChI=1S/C15H10O5/c16-9-3-1-8(2-4-9)11-7-20-13-6-10(17)5-12(18)14(13)15(11)19/h1-7,16-18H/i15+1. The summed E-state index contributed by atoms with van der Waals surface area (Å²) in [4.78, 5) is 12.4. The second-order valence-electron chi connectivity index (χ2n) is 4.36. The van der Waals surface area contributed by atoms with Crippen molar-refractivity contribution in [3.05, 3.63) is 52.9 Å². The Bertz CT molecular complexity index is 847. The predicted octanol–water partition coefficient (Wildman–Crippen LogP) is 2.58. The average Bonchev–Trinajstić information content (AvgIpc) is 2.39. The normalized spacial score (nSPS) is 10.8. The van der Waals surface area contributed by atoms with Crippen molar-refractivity contribution in [2.24, 2.45) is 0 Å². The zero-order valence-corrected chi connectivity index (χ0v) is 10.2. The van der Waals surface area contributed by atoms with E-state index in [1.54, 1.807) is 12.1 Å². The largest absolute Gasteiger partial charge is 0.508 e. The molecule has 0 aliphatic rings. The Kier molecular flexibility index (Phi) is 2.61. The first-order chi connectivity index (χ1) is 9.56. The number of fused-ring (bicyclic) bond motifs is 1. The van der Waals surface area contributed by atoms with Gasteiger partial charge in [0.05, 0.1) is 5.56 Å². The van der Waals surface area contributed by atoms with Crippen molar-refractivity contribution in [2.45, 2.75) is 0 Å². The molecule has 5 heteroatoms. The van der Waals surface area contributed by atoms with Gasteiger partial charge in [0.2, 0.25) is 5.43 Å². The number of phenolic OH excluding ortho intramolecular Hbond substituents is 3. The number of rotatable bonds is 1. The van der Waals surface area contributed by atoms with E-state index in [2.05, 4.69) is 0 Å². The number of hydrogen-bond acceptors (Lipinski definition) is 5. The van der Waals surface area contributed by atoms with Crippen LogP contribution >= 0.6 is 0 Å². The molecule has 3 aromatic rings. The van der Waals surface area contributed by atoms with Crippen LogP contribution in [0, 0.1) is 0 Å². The summed E-state index contributed by atoms with van der Waals surface area (Å²) < 4.78 is 5.29. The summed E-state index contributed by atoms with van der Waals surface area (Å²) in [5.74, 6) is -0.434. The smallest absolute Gasteiger partial charge is 0.204 e. The Labute approximate surface area is 113 Å². The Morgan fingerprint density at radius 3 is 2.30 bits per heavy atom. The second kappa shape index (κ2) is 4.31. The lowest BCUT2D eigenvalue weighted by atomic mass is 10.1. The van der Waals surface area contributed by atoms with Gasteiger partial charge in [-0.2, -0.15) is 0 Å². The molecular formula is C15H10O5. The van der Waals surface area contributed by atoms with Gasteiger partial charge in [0.1, 0.15) is 34.5 Å². The summed E-state index contributed by atoms with van der Waals surface area (Å²) in [6.45, 7) is 0. The molecule has 100 valence electrons. The minimum atomic E-state index is -0.408. The minimum absolute atomic E-state index is 0.00775. The molecule has 0 saturated carbocycles. The van der Waals surface area contributed by atoms with Gasteiger partial charge < -0.3 is 19.7 Å². The quantitative estimate of drug-likeness (QED) is 0.632.